The molecule has 256 valence electrons. The summed E-state index contributed by atoms with van der Waals surface area (Å²) in [6.45, 7) is 6.36. The molecule has 3 fully saturated rings. The molecule has 5 rings (SSSR count). The Morgan fingerprint density at radius 1 is 0.478 bits per heavy atom. The molecule has 46 heavy (non-hydrogen) atoms. The molecule has 2 heterocycles. The van der Waals surface area contributed by atoms with E-state index in [1.165, 1.54) is 81.8 Å². The molecule has 3 aliphatic rings. The predicted molar refractivity (Wildman–Crippen MR) is 184 cm³/mol. The lowest BCUT2D eigenvalue weighted by Gasteiger charge is -2.36. The smallest absolute Gasteiger partial charge is 0.119 e. The van der Waals surface area contributed by atoms with Crippen molar-refractivity contribution < 1.29 is 28.4 Å². The Balaban J connectivity index is 1.14. The van der Waals surface area contributed by atoms with Crippen LogP contribution in [0.25, 0.3) is 0 Å². The van der Waals surface area contributed by atoms with E-state index in [1.807, 2.05) is 0 Å². The molecule has 1 saturated carbocycles. The highest BCUT2D eigenvalue weighted by molar-refractivity contribution is 5.43. The molecule has 2 aliphatic heterocycles. The van der Waals surface area contributed by atoms with Crippen LogP contribution in [0.4, 0.5) is 0 Å². The Kier molecular flexibility index (Phi) is 15.5. The Morgan fingerprint density at radius 2 is 0.848 bits per heavy atom. The molecule has 0 bridgehead atoms. The largest absolute Gasteiger partial charge is 0.494 e. The standard InChI is InChI=1S/C40H60O6/c1-2-4-6-10-24-40(25-11-7-5-3-1,34-16-20-36(21-17-34)43-28-14-8-12-26-41-30-38-32-45-38)35-18-22-37(23-19-35)44-29-15-9-13-27-42-31-39-33-46-39/h16-23,38-39H,1-15,24-33H2. The fourth-order valence-electron chi connectivity index (χ4n) is 6.80. The number of hydrogen-bond acceptors (Lipinski definition) is 6. The third kappa shape index (κ3) is 12.8. The van der Waals surface area contributed by atoms with Crippen LogP contribution in [0.2, 0.25) is 0 Å². The van der Waals surface area contributed by atoms with Crippen molar-refractivity contribution in [2.24, 2.45) is 0 Å². The minimum atomic E-state index is 0.0211. The van der Waals surface area contributed by atoms with E-state index < -0.39 is 0 Å². The van der Waals surface area contributed by atoms with E-state index >= 15 is 0 Å². The highest BCUT2D eigenvalue weighted by atomic mass is 16.6. The average molecular weight is 637 g/mol. The van der Waals surface area contributed by atoms with E-state index in [0.29, 0.717) is 12.2 Å². The lowest BCUT2D eigenvalue weighted by Crippen LogP contribution is -2.28. The summed E-state index contributed by atoms with van der Waals surface area (Å²) in [5.74, 6) is 1.95. The van der Waals surface area contributed by atoms with Crippen LogP contribution in [0.5, 0.6) is 11.5 Å². The first kappa shape index (κ1) is 35.2. The van der Waals surface area contributed by atoms with Crippen molar-refractivity contribution in [1.82, 2.24) is 0 Å². The van der Waals surface area contributed by atoms with Gasteiger partial charge in [0, 0.05) is 18.6 Å². The second-order valence-electron chi connectivity index (χ2n) is 13.7. The molecular weight excluding hydrogens is 576 g/mol. The number of ether oxygens (including phenoxy) is 6. The maximum Gasteiger partial charge on any atom is 0.119 e. The predicted octanol–water partition coefficient (Wildman–Crippen LogP) is 9.21. The molecule has 0 spiro atoms. The molecule has 2 unspecified atom stereocenters. The van der Waals surface area contributed by atoms with E-state index in [4.69, 9.17) is 28.4 Å². The van der Waals surface area contributed by atoms with Gasteiger partial charge in [0.15, 0.2) is 0 Å². The summed E-state index contributed by atoms with van der Waals surface area (Å²) < 4.78 is 34.0. The number of epoxide rings is 2. The first-order valence-electron chi connectivity index (χ1n) is 18.7. The molecule has 2 atom stereocenters. The van der Waals surface area contributed by atoms with Gasteiger partial charge >= 0.3 is 0 Å². The zero-order valence-corrected chi connectivity index (χ0v) is 28.4. The van der Waals surface area contributed by atoms with Crippen LogP contribution in [0, 0.1) is 0 Å². The van der Waals surface area contributed by atoms with Crippen LogP contribution in [-0.4, -0.2) is 65.1 Å². The maximum atomic E-state index is 6.17. The molecule has 6 heteroatoms. The summed E-state index contributed by atoms with van der Waals surface area (Å²) in [5, 5.41) is 0. The summed E-state index contributed by atoms with van der Waals surface area (Å²) in [6.07, 6.45) is 21.7. The van der Waals surface area contributed by atoms with Gasteiger partial charge in [-0.05, 0) is 86.8 Å². The Hall–Kier alpha value is -2.12. The Labute approximate surface area is 278 Å². The SMILES string of the molecule is c1cc(C2(c3ccc(OCCCCCOCC4CO4)cc3)CCCCCCCCCCC2)ccc1OCCCCCOCC1CO1. The fourth-order valence-corrected chi connectivity index (χ4v) is 6.80. The summed E-state index contributed by atoms with van der Waals surface area (Å²) >= 11 is 0. The quantitative estimate of drug-likeness (QED) is 0.107. The van der Waals surface area contributed by atoms with Gasteiger partial charge in [-0.2, -0.15) is 0 Å². The van der Waals surface area contributed by atoms with Gasteiger partial charge in [0.2, 0.25) is 0 Å². The summed E-state index contributed by atoms with van der Waals surface area (Å²) in [6, 6.07) is 18.2. The molecular formula is C40H60O6. The third-order valence-corrected chi connectivity index (χ3v) is 9.84. The molecule has 2 saturated heterocycles. The van der Waals surface area contributed by atoms with Crippen molar-refractivity contribution >= 4 is 0 Å². The molecule has 0 N–H and O–H groups in total. The summed E-state index contributed by atoms with van der Waals surface area (Å²) in [5.41, 5.74) is 2.88. The van der Waals surface area contributed by atoms with Gasteiger partial charge in [-0.1, -0.05) is 82.1 Å². The van der Waals surface area contributed by atoms with Crippen LogP contribution < -0.4 is 9.47 Å². The van der Waals surface area contributed by atoms with Gasteiger partial charge < -0.3 is 28.4 Å². The van der Waals surface area contributed by atoms with E-state index in [2.05, 4.69) is 48.5 Å². The molecule has 1 aliphatic carbocycles. The zero-order valence-electron chi connectivity index (χ0n) is 28.4. The van der Waals surface area contributed by atoms with Crippen LogP contribution in [0.3, 0.4) is 0 Å². The van der Waals surface area contributed by atoms with Crippen molar-refractivity contribution in [2.45, 2.75) is 127 Å². The van der Waals surface area contributed by atoms with Crippen molar-refractivity contribution in [1.29, 1.82) is 0 Å². The second kappa shape index (κ2) is 20.3. The van der Waals surface area contributed by atoms with E-state index in [-0.39, 0.29) is 5.41 Å². The summed E-state index contributed by atoms with van der Waals surface area (Å²) in [4.78, 5) is 0. The van der Waals surface area contributed by atoms with Gasteiger partial charge in [0.1, 0.15) is 23.7 Å². The van der Waals surface area contributed by atoms with E-state index in [1.54, 1.807) is 0 Å². The molecule has 2 aromatic carbocycles. The van der Waals surface area contributed by atoms with Gasteiger partial charge in [-0.3, -0.25) is 0 Å². The van der Waals surface area contributed by atoms with Crippen molar-refractivity contribution in [2.75, 3.05) is 52.9 Å². The van der Waals surface area contributed by atoms with Crippen LogP contribution in [0.1, 0.15) is 120 Å². The first-order chi connectivity index (χ1) is 22.8. The Bertz CT molecular complexity index is 977. The number of benzene rings is 2. The molecule has 2 aromatic rings. The van der Waals surface area contributed by atoms with Gasteiger partial charge in [-0.25, -0.2) is 0 Å². The molecule has 0 radical (unpaired) electrons. The lowest BCUT2D eigenvalue weighted by atomic mass is 9.67. The van der Waals surface area contributed by atoms with E-state index in [0.717, 1.165) is 103 Å². The van der Waals surface area contributed by atoms with Crippen molar-refractivity contribution in [3.05, 3.63) is 59.7 Å². The monoisotopic (exact) mass is 636 g/mol. The number of hydrogen-bond donors (Lipinski definition) is 0. The third-order valence-electron chi connectivity index (χ3n) is 9.84. The minimum absolute atomic E-state index is 0.0211. The topological polar surface area (TPSA) is 62.0 Å². The van der Waals surface area contributed by atoms with Crippen LogP contribution in [-0.2, 0) is 24.4 Å². The molecule has 6 nitrogen and oxygen atoms in total. The lowest BCUT2D eigenvalue weighted by molar-refractivity contribution is 0.112. The highest BCUT2D eigenvalue weighted by Gasteiger charge is 2.33. The summed E-state index contributed by atoms with van der Waals surface area (Å²) in [7, 11) is 0. The highest BCUT2D eigenvalue weighted by Crippen LogP contribution is 2.43. The molecule has 0 amide bonds. The van der Waals surface area contributed by atoms with Gasteiger partial charge in [0.05, 0.1) is 39.6 Å². The zero-order chi connectivity index (χ0) is 31.5. The normalized spacial score (nSPS) is 21.6. The first-order valence-corrected chi connectivity index (χ1v) is 18.7. The second-order valence-corrected chi connectivity index (χ2v) is 13.7. The Morgan fingerprint density at radius 3 is 1.24 bits per heavy atom. The fraction of sp³-hybridized carbons (Fsp3) is 0.700. The van der Waals surface area contributed by atoms with Crippen molar-refractivity contribution in [3.63, 3.8) is 0 Å². The average Bonchev–Trinajstić information content (AvgIpc) is 4.02. The van der Waals surface area contributed by atoms with Gasteiger partial charge in [-0.15, -0.1) is 0 Å². The maximum absolute atomic E-state index is 6.17. The van der Waals surface area contributed by atoms with E-state index in [9.17, 15) is 0 Å². The molecule has 0 aromatic heterocycles. The van der Waals surface area contributed by atoms with Crippen LogP contribution in [0.15, 0.2) is 48.5 Å². The van der Waals surface area contributed by atoms with Crippen LogP contribution >= 0.6 is 0 Å². The minimum Gasteiger partial charge on any atom is -0.494 e. The number of unbranched alkanes of at least 4 members (excludes halogenated alkanes) is 4. The number of rotatable bonds is 20. The van der Waals surface area contributed by atoms with Crippen molar-refractivity contribution in [3.8, 4) is 11.5 Å². The van der Waals surface area contributed by atoms with Gasteiger partial charge in [0.25, 0.3) is 0 Å².